The molecular weight excluding hydrogens is 647 g/mol. The molecule has 238 valence electrons. The first kappa shape index (κ1) is 29.3. The van der Waals surface area contributed by atoms with Gasteiger partial charge in [-0.3, -0.25) is 5.32 Å². The zero-order chi connectivity index (χ0) is 33.0. The number of benzene rings is 7. The van der Waals surface area contributed by atoms with Crippen LogP contribution in [0.2, 0.25) is 0 Å². The lowest BCUT2D eigenvalue weighted by molar-refractivity contribution is 0.411. The molecule has 0 spiro atoms. The molecule has 5 heteroatoms. The first-order chi connectivity index (χ1) is 24.8. The molecule has 0 aliphatic carbocycles. The van der Waals surface area contributed by atoms with Crippen LogP contribution in [0.3, 0.4) is 0 Å². The van der Waals surface area contributed by atoms with Crippen molar-refractivity contribution in [1.29, 1.82) is 0 Å². The van der Waals surface area contributed by atoms with E-state index in [0.717, 1.165) is 17.0 Å². The van der Waals surface area contributed by atoms with E-state index in [0.29, 0.717) is 0 Å². The van der Waals surface area contributed by atoms with Crippen LogP contribution in [-0.2, 0) is 0 Å². The largest absolute Gasteiger partial charge is 0.350 e. The molecule has 0 amide bonds. The quantitative estimate of drug-likeness (QED) is 0.190. The van der Waals surface area contributed by atoms with Gasteiger partial charge in [-0.05, 0) is 46.0 Å². The molecule has 3 heterocycles. The predicted octanol–water partition coefficient (Wildman–Crippen LogP) is 12.1. The van der Waals surface area contributed by atoms with Gasteiger partial charge in [-0.1, -0.05) is 146 Å². The van der Waals surface area contributed by atoms with E-state index < -0.39 is 0 Å². The number of fused-ring (bicyclic) bond motifs is 6. The van der Waals surface area contributed by atoms with Crippen molar-refractivity contribution in [2.45, 2.75) is 12.3 Å². The maximum Gasteiger partial charge on any atom is 0.131 e. The smallest absolute Gasteiger partial charge is 0.131 e. The van der Waals surface area contributed by atoms with Crippen LogP contribution < -0.4 is 10.6 Å². The van der Waals surface area contributed by atoms with Crippen LogP contribution in [0.5, 0.6) is 0 Å². The lowest BCUT2D eigenvalue weighted by atomic mass is 9.99. The number of hydrogen-bond acceptors (Lipinski definition) is 5. The van der Waals surface area contributed by atoms with E-state index in [4.69, 9.17) is 4.99 Å². The van der Waals surface area contributed by atoms with Crippen LogP contribution in [0.15, 0.2) is 169 Å². The normalized spacial score (nSPS) is 16.2. The fourth-order valence-electron chi connectivity index (χ4n) is 7.35. The van der Waals surface area contributed by atoms with Gasteiger partial charge in [0.1, 0.15) is 18.2 Å². The first-order valence-electron chi connectivity index (χ1n) is 16.9. The summed E-state index contributed by atoms with van der Waals surface area (Å²) in [7, 11) is 0. The molecule has 0 fully saturated rings. The van der Waals surface area contributed by atoms with Crippen molar-refractivity contribution in [3.8, 4) is 22.3 Å². The Hall–Kier alpha value is -5.59. The molecule has 0 saturated heterocycles. The summed E-state index contributed by atoms with van der Waals surface area (Å²) in [5.41, 5.74) is 8.38. The summed E-state index contributed by atoms with van der Waals surface area (Å²) in [6.07, 6.45) is -0.366. The monoisotopic (exact) mass is 677 g/mol. The maximum absolute atomic E-state index is 5.35. The summed E-state index contributed by atoms with van der Waals surface area (Å²) in [5.74, 6) is 0.895. The second-order valence-electron chi connectivity index (χ2n) is 12.8. The van der Waals surface area contributed by atoms with Gasteiger partial charge in [-0.25, -0.2) is 4.99 Å². The molecule has 2 atom stereocenters. The Balaban J connectivity index is 1.09. The molecular formula is C45H31N3S2. The van der Waals surface area contributed by atoms with Crippen LogP contribution in [0.25, 0.3) is 62.6 Å². The summed E-state index contributed by atoms with van der Waals surface area (Å²) >= 11 is 3.71. The minimum atomic E-state index is -0.228. The number of rotatable bonds is 5. The second-order valence-corrected chi connectivity index (χ2v) is 14.9. The van der Waals surface area contributed by atoms with Crippen molar-refractivity contribution >= 4 is 68.9 Å². The Bertz CT molecular complexity index is 2710. The molecule has 9 aromatic rings. The molecule has 0 bridgehead atoms. The zero-order valence-electron chi connectivity index (χ0n) is 27.0. The minimum absolute atomic E-state index is 0.138. The summed E-state index contributed by atoms with van der Waals surface area (Å²) in [6, 6.07) is 59.0. The SMILES string of the molecule is c1ccc(-c2ccc(C3N=C(c4ccc5c(c4)sc4cccc(-c6ccccc6)c45)NC(c4cccc5c4sc4ccccc45)N3)cc2)cc1. The first-order valence-corrected chi connectivity index (χ1v) is 18.6. The van der Waals surface area contributed by atoms with Crippen molar-refractivity contribution < 1.29 is 0 Å². The highest BCUT2D eigenvalue weighted by atomic mass is 32.1. The fourth-order valence-corrected chi connectivity index (χ4v) is 9.77. The van der Waals surface area contributed by atoms with E-state index in [9.17, 15) is 0 Å². The van der Waals surface area contributed by atoms with Gasteiger partial charge in [0.15, 0.2) is 0 Å². The Morgan fingerprint density at radius 3 is 2.00 bits per heavy atom. The van der Waals surface area contributed by atoms with Gasteiger partial charge in [-0.15, -0.1) is 22.7 Å². The third-order valence-electron chi connectivity index (χ3n) is 9.80. The van der Waals surface area contributed by atoms with E-state index in [1.807, 2.05) is 22.7 Å². The van der Waals surface area contributed by atoms with Gasteiger partial charge < -0.3 is 5.32 Å². The highest BCUT2D eigenvalue weighted by molar-refractivity contribution is 7.26. The summed E-state index contributed by atoms with van der Waals surface area (Å²) < 4.78 is 5.16. The van der Waals surface area contributed by atoms with Crippen LogP contribution in [0, 0.1) is 0 Å². The Morgan fingerprint density at radius 2 is 1.16 bits per heavy atom. The Labute approximate surface area is 298 Å². The van der Waals surface area contributed by atoms with E-state index in [-0.39, 0.29) is 12.3 Å². The van der Waals surface area contributed by atoms with E-state index >= 15 is 0 Å². The topological polar surface area (TPSA) is 36.4 Å². The number of nitrogens with one attached hydrogen (secondary N) is 2. The lowest BCUT2D eigenvalue weighted by Gasteiger charge is -2.32. The Morgan fingerprint density at radius 1 is 0.480 bits per heavy atom. The number of thiophene rings is 2. The summed E-state index contributed by atoms with van der Waals surface area (Å²) in [6.45, 7) is 0. The van der Waals surface area contributed by atoms with Gasteiger partial charge in [0.25, 0.3) is 0 Å². The average Bonchev–Trinajstić information content (AvgIpc) is 3.77. The van der Waals surface area contributed by atoms with Gasteiger partial charge in [-0.2, -0.15) is 0 Å². The number of aliphatic imine (C=N–C) groups is 1. The molecule has 50 heavy (non-hydrogen) atoms. The highest BCUT2D eigenvalue weighted by Gasteiger charge is 2.28. The predicted molar refractivity (Wildman–Crippen MR) is 214 cm³/mol. The number of hydrogen-bond donors (Lipinski definition) is 2. The summed E-state index contributed by atoms with van der Waals surface area (Å²) in [4.78, 5) is 5.35. The van der Waals surface area contributed by atoms with Crippen LogP contribution in [-0.4, -0.2) is 5.84 Å². The molecule has 3 nitrogen and oxygen atoms in total. The summed E-state index contributed by atoms with van der Waals surface area (Å²) in [5, 5.41) is 12.9. The van der Waals surface area contributed by atoms with E-state index in [1.54, 1.807) is 0 Å². The van der Waals surface area contributed by atoms with E-state index in [1.165, 1.54) is 68.2 Å². The standard InChI is InChI=1S/C45H31N3S2/c1-3-11-28(12-4-1)29-21-23-31(24-22-29)43-46-44(48-45(47-43)37-18-9-17-35-34-15-7-8-19-38(34)50-42(35)37)32-25-26-36-40(27-32)49-39-20-10-16-33(41(36)39)30-13-5-2-6-14-30/h1-27,43,45,47H,(H,46,48). The lowest BCUT2D eigenvalue weighted by Crippen LogP contribution is -2.45. The molecule has 2 N–H and O–H groups in total. The number of amidine groups is 1. The van der Waals surface area contributed by atoms with Crippen LogP contribution in [0.1, 0.15) is 29.0 Å². The second kappa shape index (κ2) is 12.1. The van der Waals surface area contributed by atoms with Gasteiger partial charge in [0.05, 0.1) is 0 Å². The number of nitrogens with zero attached hydrogens (tertiary/aromatic N) is 1. The highest BCUT2D eigenvalue weighted by Crippen LogP contribution is 2.42. The molecule has 1 aliphatic heterocycles. The minimum Gasteiger partial charge on any atom is -0.350 e. The molecule has 7 aromatic carbocycles. The zero-order valence-corrected chi connectivity index (χ0v) is 28.6. The molecule has 10 rings (SSSR count). The van der Waals surface area contributed by atoms with Crippen LogP contribution in [0.4, 0.5) is 0 Å². The van der Waals surface area contributed by atoms with Crippen molar-refractivity contribution in [3.63, 3.8) is 0 Å². The molecule has 0 saturated carbocycles. The van der Waals surface area contributed by atoms with E-state index in [2.05, 4.69) is 174 Å². The average molecular weight is 678 g/mol. The van der Waals surface area contributed by atoms with Gasteiger partial charge in [0.2, 0.25) is 0 Å². The molecule has 1 aliphatic rings. The third kappa shape index (κ3) is 5.02. The van der Waals surface area contributed by atoms with Crippen molar-refractivity contribution in [1.82, 2.24) is 10.6 Å². The van der Waals surface area contributed by atoms with Crippen molar-refractivity contribution in [3.05, 3.63) is 180 Å². The van der Waals surface area contributed by atoms with Gasteiger partial charge in [0, 0.05) is 51.5 Å². The van der Waals surface area contributed by atoms with Crippen molar-refractivity contribution in [2.75, 3.05) is 0 Å². The third-order valence-corrected chi connectivity index (χ3v) is 12.2. The molecule has 0 radical (unpaired) electrons. The van der Waals surface area contributed by atoms with Crippen molar-refractivity contribution in [2.24, 2.45) is 4.99 Å². The molecule has 2 aromatic heterocycles. The van der Waals surface area contributed by atoms with Crippen LogP contribution >= 0.6 is 22.7 Å². The maximum atomic E-state index is 5.35. The molecule has 2 unspecified atom stereocenters. The van der Waals surface area contributed by atoms with Gasteiger partial charge >= 0.3 is 0 Å². The Kier molecular flexibility index (Phi) is 7.09. The fraction of sp³-hybridized carbons (Fsp3) is 0.0444.